The molecule has 1 aromatic heterocycles. The van der Waals surface area contributed by atoms with E-state index in [0.717, 1.165) is 54.4 Å². The van der Waals surface area contributed by atoms with E-state index < -0.39 is 5.92 Å². The van der Waals surface area contributed by atoms with Crippen LogP contribution >= 0.6 is 12.2 Å². The van der Waals surface area contributed by atoms with Gasteiger partial charge in [-0.3, -0.25) is 14.9 Å². The van der Waals surface area contributed by atoms with E-state index in [1.165, 1.54) is 12.2 Å². The van der Waals surface area contributed by atoms with E-state index in [9.17, 15) is 9.59 Å². The molecule has 3 aromatic rings. The fraction of sp³-hybridized carbons (Fsp3) is 0.458. The molecule has 2 aliphatic heterocycles. The Labute approximate surface area is 201 Å². The molecule has 34 heavy (non-hydrogen) atoms. The first-order valence-corrected chi connectivity index (χ1v) is 12.3. The van der Waals surface area contributed by atoms with Crippen molar-refractivity contribution in [3.63, 3.8) is 0 Å². The molecule has 0 saturated carbocycles. The molecule has 0 spiro atoms. The Bertz CT molecular complexity index is 1190. The summed E-state index contributed by atoms with van der Waals surface area (Å²) in [6, 6.07) is 10.2. The lowest BCUT2D eigenvalue weighted by Gasteiger charge is -2.30. The minimum Gasteiger partial charge on any atom is -0.492 e. The van der Waals surface area contributed by atoms with Crippen molar-refractivity contribution < 1.29 is 23.0 Å². The van der Waals surface area contributed by atoms with Crippen LogP contribution in [0.4, 0.5) is 0 Å². The highest BCUT2D eigenvalue weighted by molar-refractivity contribution is 7.92. The number of hydrogen-bond acceptors (Lipinski definition) is 9. The summed E-state index contributed by atoms with van der Waals surface area (Å²) in [4.78, 5) is 23.9. The Morgan fingerprint density at radius 3 is 2.85 bits per heavy atom. The monoisotopic (exact) mass is 484 g/mol. The number of fused-ring (bicyclic) bond motifs is 3. The highest BCUT2D eigenvalue weighted by atomic mass is 32.2. The Balaban J connectivity index is 1.23. The number of hydrogen-bond donors (Lipinski definition) is 2. The van der Waals surface area contributed by atoms with Crippen molar-refractivity contribution in [1.82, 2.24) is 20.1 Å². The highest BCUT2D eigenvalue weighted by Gasteiger charge is 2.32. The van der Waals surface area contributed by atoms with Crippen LogP contribution in [0.3, 0.4) is 0 Å². The molecule has 2 amide bonds. The maximum absolute atomic E-state index is 12.4. The van der Waals surface area contributed by atoms with Crippen molar-refractivity contribution in [2.75, 3.05) is 33.4 Å². The first kappa shape index (κ1) is 23.1. The quantitative estimate of drug-likeness (QED) is 0.216. The van der Waals surface area contributed by atoms with Gasteiger partial charge in [-0.15, -0.1) is 0 Å². The number of nitrogens with one attached hydrogen (secondary N) is 2. The lowest BCUT2D eigenvalue weighted by atomic mass is 9.91. The summed E-state index contributed by atoms with van der Waals surface area (Å²) in [6.45, 7) is 3.39. The summed E-state index contributed by atoms with van der Waals surface area (Å²) in [5, 5.41) is 12.9. The van der Waals surface area contributed by atoms with E-state index in [-0.39, 0.29) is 11.8 Å². The van der Waals surface area contributed by atoms with Gasteiger partial charge in [-0.25, -0.2) is 4.31 Å². The Hall–Kier alpha value is -2.66. The number of ether oxygens (including phenoxy) is 1. The molecule has 0 bridgehead atoms. The smallest absolute Gasteiger partial charge is 0.235 e. The molecule has 2 saturated heterocycles. The number of benzene rings is 2. The maximum Gasteiger partial charge on any atom is 0.235 e. The van der Waals surface area contributed by atoms with Crippen molar-refractivity contribution >= 4 is 45.8 Å². The van der Waals surface area contributed by atoms with E-state index in [1.807, 2.05) is 30.3 Å². The second-order valence-corrected chi connectivity index (χ2v) is 9.64. The molecule has 2 fully saturated rings. The number of aromatic nitrogens is 1. The molecule has 0 aliphatic carbocycles. The van der Waals surface area contributed by atoms with E-state index in [0.29, 0.717) is 36.8 Å². The third kappa shape index (κ3) is 4.90. The second kappa shape index (κ2) is 10.3. The SMILES string of the molecule is COSN1CCC(NCCOc2ccc3c(ccc4onc(C5CCC(=O)NC5=O)c43)c2)CC1. The third-order valence-corrected chi connectivity index (χ3v) is 7.18. The summed E-state index contributed by atoms with van der Waals surface area (Å²) >= 11 is 1.43. The van der Waals surface area contributed by atoms with Gasteiger partial charge in [-0.1, -0.05) is 11.2 Å². The van der Waals surface area contributed by atoms with Gasteiger partial charge in [0.15, 0.2) is 5.58 Å². The molecule has 5 rings (SSSR count). The zero-order valence-corrected chi connectivity index (χ0v) is 19.9. The van der Waals surface area contributed by atoms with E-state index in [1.54, 1.807) is 7.11 Å². The number of imide groups is 1. The van der Waals surface area contributed by atoms with Gasteiger partial charge in [0.1, 0.15) is 18.1 Å². The van der Waals surface area contributed by atoms with E-state index in [2.05, 4.69) is 20.1 Å². The van der Waals surface area contributed by atoms with Gasteiger partial charge in [0.05, 0.1) is 30.6 Å². The molecule has 2 aromatic carbocycles. The Kier molecular flexibility index (Phi) is 7.00. The molecular formula is C24H28N4O5S. The summed E-state index contributed by atoms with van der Waals surface area (Å²) in [5.74, 6) is -0.268. The molecule has 10 heteroatoms. The highest BCUT2D eigenvalue weighted by Crippen LogP contribution is 2.36. The van der Waals surface area contributed by atoms with Crippen LogP contribution in [0.1, 0.15) is 37.3 Å². The largest absolute Gasteiger partial charge is 0.492 e. The van der Waals surface area contributed by atoms with Crippen LogP contribution in [0.25, 0.3) is 21.7 Å². The molecule has 1 unspecified atom stereocenters. The lowest BCUT2D eigenvalue weighted by molar-refractivity contribution is -0.134. The van der Waals surface area contributed by atoms with Crippen LogP contribution in [0.5, 0.6) is 5.75 Å². The van der Waals surface area contributed by atoms with Crippen molar-refractivity contribution in [3.05, 3.63) is 36.0 Å². The van der Waals surface area contributed by atoms with Crippen LogP contribution in [-0.2, 0) is 13.8 Å². The number of piperidine rings is 2. The third-order valence-electron chi connectivity index (χ3n) is 6.46. The molecule has 180 valence electrons. The summed E-state index contributed by atoms with van der Waals surface area (Å²) in [7, 11) is 1.70. The van der Waals surface area contributed by atoms with Crippen molar-refractivity contribution in [3.8, 4) is 5.75 Å². The zero-order valence-electron chi connectivity index (χ0n) is 19.0. The van der Waals surface area contributed by atoms with Gasteiger partial charge in [0, 0.05) is 32.1 Å². The van der Waals surface area contributed by atoms with Crippen molar-refractivity contribution in [2.24, 2.45) is 0 Å². The fourth-order valence-electron chi connectivity index (χ4n) is 4.73. The summed E-state index contributed by atoms with van der Waals surface area (Å²) in [6.07, 6.45) is 2.92. The number of amides is 2. The summed E-state index contributed by atoms with van der Waals surface area (Å²) in [5.41, 5.74) is 1.21. The second-order valence-electron chi connectivity index (χ2n) is 8.64. The molecule has 3 heterocycles. The van der Waals surface area contributed by atoms with Gasteiger partial charge in [-0.05, 0) is 54.3 Å². The summed E-state index contributed by atoms with van der Waals surface area (Å²) < 4.78 is 18.9. The fourth-order valence-corrected chi connectivity index (χ4v) is 5.30. The first-order chi connectivity index (χ1) is 16.6. The molecule has 2 aliphatic rings. The average Bonchev–Trinajstić information content (AvgIpc) is 3.27. The number of nitrogens with zero attached hydrogens (tertiary/aromatic N) is 2. The molecule has 2 N–H and O–H groups in total. The molecule has 1 atom stereocenters. The van der Waals surface area contributed by atoms with Crippen LogP contribution in [0.15, 0.2) is 34.9 Å². The molecule has 0 radical (unpaired) electrons. The van der Waals surface area contributed by atoms with Crippen molar-refractivity contribution in [1.29, 1.82) is 0 Å². The normalized spacial score (nSPS) is 20.2. The van der Waals surface area contributed by atoms with Crippen LogP contribution in [0, 0.1) is 0 Å². The van der Waals surface area contributed by atoms with Gasteiger partial charge < -0.3 is 18.8 Å². The van der Waals surface area contributed by atoms with Crippen LogP contribution in [-0.4, -0.2) is 60.7 Å². The van der Waals surface area contributed by atoms with Gasteiger partial charge in [0.25, 0.3) is 0 Å². The predicted octanol–water partition coefficient (Wildman–Crippen LogP) is 3.14. The number of rotatable bonds is 8. The molecule has 9 nitrogen and oxygen atoms in total. The maximum atomic E-state index is 12.4. The minimum absolute atomic E-state index is 0.245. The van der Waals surface area contributed by atoms with Crippen molar-refractivity contribution in [2.45, 2.75) is 37.6 Å². The van der Waals surface area contributed by atoms with Gasteiger partial charge >= 0.3 is 0 Å². The molecular weight excluding hydrogens is 456 g/mol. The van der Waals surface area contributed by atoms with Crippen LogP contribution < -0.4 is 15.4 Å². The van der Waals surface area contributed by atoms with E-state index >= 15 is 0 Å². The number of carbonyl (C=O) groups excluding carboxylic acids is 2. The standard InChI is InChI=1S/C24H28N4O5S/c1-31-34-28-11-8-16(9-12-28)25-10-13-32-17-3-4-18-15(14-17)2-6-20-22(18)23(27-33-20)19-5-7-21(29)26-24(19)30/h2-4,6,14,16,19,25H,5,7-13H2,1H3,(H,26,29,30). The average molecular weight is 485 g/mol. The number of carbonyl (C=O) groups is 2. The van der Waals surface area contributed by atoms with Gasteiger partial charge in [-0.2, -0.15) is 0 Å². The topological polar surface area (TPSA) is 106 Å². The Morgan fingerprint density at radius 1 is 1.21 bits per heavy atom. The minimum atomic E-state index is -0.494. The zero-order chi connectivity index (χ0) is 23.5. The predicted molar refractivity (Wildman–Crippen MR) is 129 cm³/mol. The van der Waals surface area contributed by atoms with Crippen LogP contribution in [0.2, 0.25) is 0 Å². The van der Waals surface area contributed by atoms with E-state index in [4.69, 9.17) is 13.4 Å². The Morgan fingerprint density at radius 2 is 2.06 bits per heavy atom. The lowest BCUT2D eigenvalue weighted by Crippen LogP contribution is -2.41. The van der Waals surface area contributed by atoms with Gasteiger partial charge in [0.2, 0.25) is 11.8 Å². The first-order valence-electron chi connectivity index (χ1n) is 11.6.